The molecule has 3 aromatic carbocycles. The van der Waals surface area contributed by atoms with Gasteiger partial charge in [0, 0.05) is 11.0 Å². The molecule has 1 amide bonds. The van der Waals surface area contributed by atoms with Gasteiger partial charge in [-0.3, -0.25) is 9.10 Å². The van der Waals surface area contributed by atoms with Crippen LogP contribution in [0.4, 0.5) is 5.69 Å². The molecule has 0 aromatic heterocycles. The van der Waals surface area contributed by atoms with E-state index in [1.807, 2.05) is 31.2 Å². The fraction of sp³-hybridized carbons (Fsp3) is 0.240. The summed E-state index contributed by atoms with van der Waals surface area (Å²) < 4.78 is 33.9. The predicted molar refractivity (Wildman–Crippen MR) is 134 cm³/mol. The molecule has 0 fully saturated rings. The van der Waals surface area contributed by atoms with Gasteiger partial charge in [-0.1, -0.05) is 45.8 Å². The number of halogens is 1. The Labute approximate surface area is 203 Å². The van der Waals surface area contributed by atoms with Gasteiger partial charge in [-0.25, -0.2) is 8.42 Å². The van der Waals surface area contributed by atoms with Gasteiger partial charge in [-0.15, -0.1) is 0 Å². The van der Waals surface area contributed by atoms with Crippen LogP contribution in [0.3, 0.4) is 0 Å². The van der Waals surface area contributed by atoms with Crippen molar-refractivity contribution in [3.63, 3.8) is 0 Å². The van der Waals surface area contributed by atoms with Crippen LogP contribution in [-0.4, -0.2) is 34.5 Å². The maximum Gasteiger partial charge on any atom is 0.264 e. The van der Waals surface area contributed by atoms with Gasteiger partial charge in [-0.05, 0) is 73.9 Å². The van der Waals surface area contributed by atoms with Gasteiger partial charge in [0.1, 0.15) is 12.3 Å². The van der Waals surface area contributed by atoms with Gasteiger partial charge >= 0.3 is 0 Å². The average molecular weight is 531 g/mol. The standard InChI is InChI=1S/C25H27BrN2O4S/c1-19-8-14-24(15-9-19)33(30,31)28(22-12-10-21(26)11-13-22)18-25(29)27-16-4-6-20-5-3-7-23(17-20)32-2/h3,5,7-15,17H,4,6,16,18H2,1-2H3,(H,27,29). The number of hydrogen-bond acceptors (Lipinski definition) is 4. The predicted octanol–water partition coefficient (Wildman–Crippen LogP) is 4.71. The second-order valence-electron chi connectivity index (χ2n) is 7.61. The molecule has 0 bridgehead atoms. The minimum Gasteiger partial charge on any atom is -0.497 e. The number of amides is 1. The highest BCUT2D eigenvalue weighted by Crippen LogP contribution is 2.25. The average Bonchev–Trinajstić information content (AvgIpc) is 2.81. The molecule has 0 saturated heterocycles. The van der Waals surface area contributed by atoms with Gasteiger partial charge in [0.25, 0.3) is 10.0 Å². The van der Waals surface area contributed by atoms with Crippen LogP contribution in [0.25, 0.3) is 0 Å². The maximum atomic E-state index is 13.4. The van der Waals surface area contributed by atoms with Crippen LogP contribution >= 0.6 is 15.9 Å². The van der Waals surface area contributed by atoms with Crippen LogP contribution in [0, 0.1) is 6.92 Å². The normalized spacial score (nSPS) is 11.1. The summed E-state index contributed by atoms with van der Waals surface area (Å²) in [5.41, 5.74) is 2.49. The highest BCUT2D eigenvalue weighted by Gasteiger charge is 2.27. The summed E-state index contributed by atoms with van der Waals surface area (Å²) in [6.45, 7) is 2.02. The summed E-state index contributed by atoms with van der Waals surface area (Å²) >= 11 is 3.36. The maximum absolute atomic E-state index is 13.4. The topological polar surface area (TPSA) is 75.7 Å². The molecule has 33 heavy (non-hydrogen) atoms. The van der Waals surface area contributed by atoms with E-state index in [-0.39, 0.29) is 17.3 Å². The lowest BCUT2D eigenvalue weighted by Crippen LogP contribution is -2.41. The largest absolute Gasteiger partial charge is 0.497 e. The van der Waals surface area contributed by atoms with E-state index < -0.39 is 10.0 Å². The van der Waals surface area contributed by atoms with Crippen LogP contribution in [0.1, 0.15) is 17.5 Å². The Morgan fingerprint density at radius 3 is 2.39 bits per heavy atom. The summed E-state index contributed by atoms with van der Waals surface area (Å²) in [5.74, 6) is 0.433. The van der Waals surface area contributed by atoms with E-state index in [9.17, 15) is 13.2 Å². The summed E-state index contributed by atoms with van der Waals surface area (Å²) in [6, 6.07) is 21.2. The summed E-state index contributed by atoms with van der Waals surface area (Å²) in [7, 11) is -2.29. The summed E-state index contributed by atoms with van der Waals surface area (Å²) in [4.78, 5) is 12.8. The number of aryl methyl sites for hydroxylation is 2. The third-order valence-corrected chi connectivity index (χ3v) is 7.43. The fourth-order valence-corrected chi connectivity index (χ4v) is 4.98. The Kier molecular flexibility index (Phi) is 8.52. The zero-order valence-corrected chi connectivity index (χ0v) is 21.0. The van der Waals surface area contributed by atoms with Crippen LogP contribution in [-0.2, 0) is 21.2 Å². The van der Waals surface area contributed by atoms with E-state index in [2.05, 4.69) is 21.2 Å². The van der Waals surface area contributed by atoms with Crippen molar-refractivity contribution in [2.45, 2.75) is 24.7 Å². The second kappa shape index (κ2) is 11.3. The third kappa shape index (κ3) is 6.82. The molecule has 0 heterocycles. The van der Waals surface area contributed by atoms with Crippen molar-refractivity contribution in [2.24, 2.45) is 0 Å². The van der Waals surface area contributed by atoms with Crippen molar-refractivity contribution in [3.05, 3.63) is 88.4 Å². The molecule has 3 aromatic rings. The molecule has 1 N–H and O–H groups in total. The van der Waals surface area contributed by atoms with Crippen molar-refractivity contribution in [2.75, 3.05) is 24.5 Å². The lowest BCUT2D eigenvalue weighted by atomic mass is 10.1. The molecule has 3 rings (SSSR count). The Hall–Kier alpha value is -2.84. The second-order valence-corrected chi connectivity index (χ2v) is 10.4. The van der Waals surface area contributed by atoms with Crippen molar-refractivity contribution >= 4 is 37.5 Å². The molecule has 6 nitrogen and oxygen atoms in total. The third-order valence-electron chi connectivity index (χ3n) is 5.11. The van der Waals surface area contributed by atoms with Crippen LogP contribution in [0.5, 0.6) is 5.75 Å². The smallest absolute Gasteiger partial charge is 0.264 e. The first-order chi connectivity index (χ1) is 15.8. The molecule has 0 aliphatic rings. The van der Waals surface area contributed by atoms with Crippen molar-refractivity contribution in [3.8, 4) is 5.75 Å². The van der Waals surface area contributed by atoms with E-state index in [4.69, 9.17) is 4.74 Å². The number of nitrogens with one attached hydrogen (secondary N) is 1. The van der Waals surface area contributed by atoms with E-state index in [1.54, 1.807) is 55.6 Å². The first-order valence-corrected chi connectivity index (χ1v) is 12.8. The van der Waals surface area contributed by atoms with Crippen molar-refractivity contribution < 1.29 is 17.9 Å². The number of anilines is 1. The number of hydrogen-bond donors (Lipinski definition) is 1. The van der Waals surface area contributed by atoms with Gasteiger partial charge in [0.15, 0.2) is 0 Å². The zero-order valence-electron chi connectivity index (χ0n) is 18.6. The van der Waals surface area contributed by atoms with Crippen molar-refractivity contribution in [1.82, 2.24) is 5.32 Å². The number of sulfonamides is 1. The minimum atomic E-state index is -3.92. The fourth-order valence-electron chi connectivity index (χ4n) is 3.29. The number of benzene rings is 3. The minimum absolute atomic E-state index is 0.141. The molecule has 0 spiro atoms. The summed E-state index contributed by atoms with van der Waals surface area (Å²) in [6.07, 6.45) is 1.50. The Morgan fingerprint density at radius 1 is 1.03 bits per heavy atom. The lowest BCUT2D eigenvalue weighted by molar-refractivity contribution is -0.119. The van der Waals surface area contributed by atoms with Crippen LogP contribution < -0.4 is 14.4 Å². The van der Waals surface area contributed by atoms with Gasteiger partial charge in [0.05, 0.1) is 17.7 Å². The Morgan fingerprint density at radius 2 is 1.73 bits per heavy atom. The van der Waals surface area contributed by atoms with E-state index in [0.29, 0.717) is 12.2 Å². The number of carbonyl (C=O) groups excluding carboxylic acids is 1. The van der Waals surface area contributed by atoms with Gasteiger partial charge in [0.2, 0.25) is 5.91 Å². The number of methoxy groups -OCH3 is 1. The highest BCUT2D eigenvalue weighted by atomic mass is 79.9. The molecular formula is C25H27BrN2O4S. The lowest BCUT2D eigenvalue weighted by Gasteiger charge is -2.24. The highest BCUT2D eigenvalue weighted by molar-refractivity contribution is 9.10. The number of rotatable bonds is 10. The molecule has 0 aliphatic heterocycles. The molecule has 0 saturated carbocycles. The molecule has 0 radical (unpaired) electrons. The molecule has 0 atom stereocenters. The van der Waals surface area contributed by atoms with E-state index in [1.165, 1.54) is 0 Å². The van der Waals surface area contributed by atoms with E-state index >= 15 is 0 Å². The van der Waals surface area contributed by atoms with Gasteiger partial charge < -0.3 is 10.1 Å². The number of ether oxygens (including phenoxy) is 1. The van der Waals surface area contributed by atoms with E-state index in [0.717, 1.165) is 38.5 Å². The monoisotopic (exact) mass is 530 g/mol. The quantitative estimate of drug-likeness (QED) is 0.385. The zero-order chi connectivity index (χ0) is 23.8. The molecule has 174 valence electrons. The first-order valence-electron chi connectivity index (χ1n) is 10.5. The number of nitrogens with zero attached hydrogens (tertiary/aromatic N) is 1. The molecule has 0 unspecified atom stereocenters. The first kappa shape index (κ1) is 24.8. The van der Waals surface area contributed by atoms with Gasteiger partial charge in [-0.2, -0.15) is 0 Å². The van der Waals surface area contributed by atoms with Crippen LogP contribution in [0.2, 0.25) is 0 Å². The number of carbonyl (C=O) groups is 1. The van der Waals surface area contributed by atoms with Crippen molar-refractivity contribution in [1.29, 1.82) is 0 Å². The Bertz CT molecular complexity index is 1180. The Balaban J connectivity index is 1.68. The summed E-state index contributed by atoms with van der Waals surface area (Å²) in [5, 5.41) is 2.84. The molecule has 0 aliphatic carbocycles. The molecular weight excluding hydrogens is 504 g/mol. The molecule has 8 heteroatoms. The SMILES string of the molecule is COc1cccc(CCCNC(=O)CN(c2ccc(Br)cc2)S(=O)(=O)c2ccc(C)cc2)c1. The van der Waals surface area contributed by atoms with Crippen LogP contribution in [0.15, 0.2) is 82.2 Å².